The SMILES string of the molecule is C[C@H](NC(=O)c1ccccc1)C(=O)N(C)Cc1ccsc1. The van der Waals surface area contributed by atoms with E-state index in [-0.39, 0.29) is 11.8 Å². The van der Waals surface area contributed by atoms with E-state index in [4.69, 9.17) is 0 Å². The number of hydrogen-bond acceptors (Lipinski definition) is 3. The fourth-order valence-electron chi connectivity index (χ4n) is 2.00. The smallest absolute Gasteiger partial charge is 0.251 e. The molecule has 0 spiro atoms. The Labute approximate surface area is 128 Å². The van der Waals surface area contributed by atoms with E-state index < -0.39 is 6.04 Å². The molecule has 0 saturated carbocycles. The third kappa shape index (κ3) is 4.16. The Kier molecular flexibility index (Phi) is 5.11. The maximum absolute atomic E-state index is 12.3. The van der Waals surface area contributed by atoms with Crippen LogP contribution in [-0.2, 0) is 11.3 Å². The molecule has 2 aromatic rings. The van der Waals surface area contributed by atoms with Crippen molar-refractivity contribution >= 4 is 23.2 Å². The van der Waals surface area contributed by atoms with Crippen LogP contribution in [-0.4, -0.2) is 29.8 Å². The highest BCUT2D eigenvalue weighted by molar-refractivity contribution is 7.07. The Balaban J connectivity index is 1.91. The lowest BCUT2D eigenvalue weighted by Gasteiger charge is -2.21. The molecule has 0 bridgehead atoms. The molecule has 2 rings (SSSR count). The zero-order valence-electron chi connectivity index (χ0n) is 12.1. The van der Waals surface area contributed by atoms with E-state index in [2.05, 4.69) is 5.32 Å². The van der Waals surface area contributed by atoms with Gasteiger partial charge in [-0.2, -0.15) is 11.3 Å². The molecule has 1 aromatic carbocycles. The number of rotatable bonds is 5. The van der Waals surface area contributed by atoms with Gasteiger partial charge in [0.2, 0.25) is 5.91 Å². The molecule has 21 heavy (non-hydrogen) atoms. The Morgan fingerprint density at radius 3 is 2.57 bits per heavy atom. The molecule has 110 valence electrons. The molecule has 5 heteroatoms. The molecule has 1 atom stereocenters. The number of nitrogens with zero attached hydrogens (tertiary/aromatic N) is 1. The molecule has 0 unspecified atom stereocenters. The first kappa shape index (κ1) is 15.3. The van der Waals surface area contributed by atoms with Gasteiger partial charge in [0.25, 0.3) is 5.91 Å². The van der Waals surface area contributed by atoms with E-state index in [1.165, 1.54) is 0 Å². The van der Waals surface area contributed by atoms with Crippen molar-refractivity contribution in [2.45, 2.75) is 19.5 Å². The first-order chi connectivity index (χ1) is 10.1. The Bertz CT molecular complexity index is 596. The predicted molar refractivity (Wildman–Crippen MR) is 84.2 cm³/mol. The molecule has 1 N–H and O–H groups in total. The van der Waals surface area contributed by atoms with Crippen molar-refractivity contribution in [1.82, 2.24) is 10.2 Å². The second-order valence-corrected chi connectivity index (χ2v) is 5.67. The van der Waals surface area contributed by atoms with Crippen molar-refractivity contribution in [1.29, 1.82) is 0 Å². The number of hydrogen-bond donors (Lipinski definition) is 1. The topological polar surface area (TPSA) is 49.4 Å². The van der Waals surface area contributed by atoms with Crippen LogP contribution in [0.1, 0.15) is 22.8 Å². The average Bonchev–Trinajstić information content (AvgIpc) is 3.00. The fraction of sp³-hybridized carbons (Fsp3) is 0.250. The number of thiophene rings is 1. The zero-order chi connectivity index (χ0) is 15.2. The van der Waals surface area contributed by atoms with E-state index >= 15 is 0 Å². The van der Waals surface area contributed by atoms with Gasteiger partial charge in [-0.05, 0) is 41.4 Å². The van der Waals surface area contributed by atoms with Gasteiger partial charge in [0.1, 0.15) is 6.04 Å². The van der Waals surface area contributed by atoms with E-state index in [9.17, 15) is 9.59 Å². The summed E-state index contributed by atoms with van der Waals surface area (Å²) in [6, 6.07) is 10.3. The van der Waals surface area contributed by atoms with Crippen LogP contribution in [0.4, 0.5) is 0 Å². The van der Waals surface area contributed by atoms with Crippen molar-refractivity contribution in [2.24, 2.45) is 0 Å². The largest absolute Gasteiger partial charge is 0.341 e. The zero-order valence-corrected chi connectivity index (χ0v) is 12.9. The van der Waals surface area contributed by atoms with Gasteiger partial charge in [0, 0.05) is 19.2 Å². The summed E-state index contributed by atoms with van der Waals surface area (Å²) in [5.74, 6) is -0.342. The summed E-state index contributed by atoms with van der Waals surface area (Å²) in [5, 5.41) is 6.72. The van der Waals surface area contributed by atoms with Crippen molar-refractivity contribution in [3.63, 3.8) is 0 Å². The Morgan fingerprint density at radius 2 is 1.95 bits per heavy atom. The van der Waals surface area contributed by atoms with Crippen molar-refractivity contribution < 1.29 is 9.59 Å². The van der Waals surface area contributed by atoms with Gasteiger partial charge in [-0.15, -0.1) is 0 Å². The van der Waals surface area contributed by atoms with Gasteiger partial charge >= 0.3 is 0 Å². The molecular weight excluding hydrogens is 284 g/mol. The number of benzene rings is 1. The van der Waals surface area contributed by atoms with Crippen LogP contribution in [0.15, 0.2) is 47.2 Å². The van der Waals surface area contributed by atoms with Gasteiger partial charge in [-0.25, -0.2) is 0 Å². The molecule has 4 nitrogen and oxygen atoms in total. The first-order valence-electron chi connectivity index (χ1n) is 6.70. The highest BCUT2D eigenvalue weighted by Gasteiger charge is 2.20. The van der Waals surface area contributed by atoms with Gasteiger partial charge in [-0.3, -0.25) is 9.59 Å². The van der Waals surface area contributed by atoms with Gasteiger partial charge in [0.05, 0.1) is 0 Å². The van der Waals surface area contributed by atoms with E-state index in [1.807, 2.05) is 22.9 Å². The lowest BCUT2D eigenvalue weighted by molar-refractivity contribution is -0.132. The maximum Gasteiger partial charge on any atom is 0.251 e. The Morgan fingerprint density at radius 1 is 1.24 bits per heavy atom. The fourth-order valence-corrected chi connectivity index (χ4v) is 2.66. The monoisotopic (exact) mass is 302 g/mol. The predicted octanol–water partition coefficient (Wildman–Crippen LogP) is 2.53. The van der Waals surface area contributed by atoms with Gasteiger partial charge in [0.15, 0.2) is 0 Å². The molecule has 0 fully saturated rings. The summed E-state index contributed by atoms with van der Waals surface area (Å²) in [4.78, 5) is 25.9. The molecule has 0 aliphatic heterocycles. The van der Waals surface area contributed by atoms with Crippen LogP contribution in [0.5, 0.6) is 0 Å². The number of amides is 2. The van der Waals surface area contributed by atoms with Crippen LogP contribution in [0.3, 0.4) is 0 Å². The maximum atomic E-state index is 12.3. The summed E-state index contributed by atoms with van der Waals surface area (Å²) in [6.07, 6.45) is 0. The quantitative estimate of drug-likeness (QED) is 0.922. The van der Waals surface area contributed by atoms with Crippen LogP contribution < -0.4 is 5.32 Å². The summed E-state index contributed by atoms with van der Waals surface area (Å²) < 4.78 is 0. The molecule has 1 aromatic heterocycles. The molecule has 0 aliphatic rings. The van der Waals surface area contributed by atoms with Crippen LogP contribution in [0.25, 0.3) is 0 Å². The van der Waals surface area contributed by atoms with E-state index in [1.54, 1.807) is 54.5 Å². The molecule has 0 saturated heterocycles. The standard InChI is InChI=1S/C16H18N2O2S/c1-12(17-15(19)14-6-4-3-5-7-14)16(20)18(2)10-13-8-9-21-11-13/h3-9,11-12H,10H2,1-2H3,(H,17,19)/t12-/m0/s1. The van der Waals surface area contributed by atoms with Crippen molar-refractivity contribution in [3.8, 4) is 0 Å². The first-order valence-corrected chi connectivity index (χ1v) is 7.64. The van der Waals surface area contributed by atoms with E-state index in [0.717, 1.165) is 5.56 Å². The normalized spacial score (nSPS) is 11.7. The van der Waals surface area contributed by atoms with Crippen LogP contribution >= 0.6 is 11.3 Å². The summed E-state index contributed by atoms with van der Waals surface area (Å²) in [5.41, 5.74) is 1.65. The minimum Gasteiger partial charge on any atom is -0.341 e. The molecule has 0 aliphatic carbocycles. The number of nitrogens with one attached hydrogen (secondary N) is 1. The lowest BCUT2D eigenvalue weighted by atomic mass is 10.2. The number of likely N-dealkylation sites (N-methyl/N-ethyl adjacent to an activating group) is 1. The van der Waals surface area contributed by atoms with E-state index in [0.29, 0.717) is 12.1 Å². The Hall–Kier alpha value is -2.14. The van der Waals surface area contributed by atoms with Gasteiger partial charge in [-0.1, -0.05) is 18.2 Å². The third-order valence-corrected chi connectivity index (χ3v) is 3.86. The molecular formula is C16H18N2O2S. The molecule has 2 amide bonds. The number of carbonyl (C=O) groups is 2. The average molecular weight is 302 g/mol. The van der Waals surface area contributed by atoms with Crippen LogP contribution in [0, 0.1) is 0 Å². The summed E-state index contributed by atoms with van der Waals surface area (Å²) >= 11 is 1.60. The van der Waals surface area contributed by atoms with Crippen molar-refractivity contribution in [2.75, 3.05) is 7.05 Å². The summed E-state index contributed by atoms with van der Waals surface area (Å²) in [6.45, 7) is 2.25. The third-order valence-electron chi connectivity index (χ3n) is 3.13. The molecule has 0 radical (unpaired) electrons. The van der Waals surface area contributed by atoms with Crippen molar-refractivity contribution in [3.05, 3.63) is 58.3 Å². The number of carbonyl (C=O) groups excluding carboxylic acids is 2. The highest BCUT2D eigenvalue weighted by Crippen LogP contribution is 2.09. The highest BCUT2D eigenvalue weighted by atomic mass is 32.1. The minimum absolute atomic E-state index is 0.106. The second kappa shape index (κ2) is 7.04. The second-order valence-electron chi connectivity index (χ2n) is 4.89. The molecule has 1 heterocycles. The lowest BCUT2D eigenvalue weighted by Crippen LogP contribution is -2.45. The van der Waals surface area contributed by atoms with Gasteiger partial charge < -0.3 is 10.2 Å². The summed E-state index contributed by atoms with van der Waals surface area (Å²) in [7, 11) is 1.74. The minimum atomic E-state index is -0.554. The van der Waals surface area contributed by atoms with Crippen LogP contribution in [0.2, 0.25) is 0 Å².